The fraction of sp³-hybridized carbons (Fsp3) is 0.571. The van der Waals surface area contributed by atoms with Crippen LogP contribution in [0.15, 0.2) is 24.3 Å². The molecule has 4 heteroatoms. The van der Waals surface area contributed by atoms with Crippen LogP contribution in [0.3, 0.4) is 0 Å². The molecule has 1 fully saturated rings. The van der Waals surface area contributed by atoms with Gasteiger partial charge < -0.3 is 10.1 Å². The Kier molecular flexibility index (Phi) is 5.48. The number of hydrogen-bond donors (Lipinski definition) is 1. The predicted octanol–water partition coefficient (Wildman–Crippen LogP) is 3.26. The van der Waals surface area contributed by atoms with E-state index >= 15 is 0 Å². The molecule has 0 bridgehead atoms. The van der Waals surface area contributed by atoms with Crippen LogP contribution in [0.1, 0.15) is 44.7 Å². The van der Waals surface area contributed by atoms with Gasteiger partial charge in [0.25, 0.3) is 0 Å². The van der Waals surface area contributed by atoms with Gasteiger partial charge in [0.1, 0.15) is 5.75 Å². The van der Waals surface area contributed by atoms with Gasteiger partial charge in [0, 0.05) is 31.1 Å². The highest BCUT2D eigenvalue weighted by Crippen LogP contribution is 2.26. The molecule has 1 N–H and O–H groups in total. The summed E-state index contributed by atoms with van der Waals surface area (Å²) in [5, 5.41) is 3.07. The lowest BCUT2D eigenvalue weighted by molar-refractivity contribution is -0.117. The number of ether oxygens (including phenoxy) is 1. The van der Waals surface area contributed by atoms with Gasteiger partial charge in [0.05, 0.1) is 6.61 Å². The summed E-state index contributed by atoms with van der Waals surface area (Å²) in [6.45, 7) is 10.4. The monoisotopic (exact) mass is 342 g/mol. The van der Waals surface area contributed by atoms with Crippen molar-refractivity contribution in [3.8, 4) is 5.75 Å². The molecule has 0 spiro atoms. The second-order valence-corrected chi connectivity index (χ2v) is 8.02. The average molecular weight is 342 g/mol. The molecule has 1 amide bonds. The standard InChI is InChI=1S/C21H30N2O2/c1-16-5-4-11-23(14-16)21(2,3)15-22-20(24)9-7-17-6-8-19-18(13-17)10-12-25-19/h6-9,13,16H,4-5,10-12,14-15H2,1-3H3,(H,22,24)/b9-7+. The highest BCUT2D eigenvalue weighted by atomic mass is 16.5. The second-order valence-electron chi connectivity index (χ2n) is 8.02. The lowest BCUT2D eigenvalue weighted by Gasteiger charge is -2.43. The Morgan fingerprint density at radius 2 is 2.28 bits per heavy atom. The number of rotatable bonds is 5. The molecule has 0 aromatic heterocycles. The number of likely N-dealkylation sites (tertiary alicyclic amines) is 1. The summed E-state index contributed by atoms with van der Waals surface area (Å²) in [5.74, 6) is 1.68. The van der Waals surface area contributed by atoms with Gasteiger partial charge in [-0.15, -0.1) is 0 Å². The molecule has 136 valence electrons. The van der Waals surface area contributed by atoms with E-state index in [1.54, 1.807) is 6.08 Å². The van der Waals surface area contributed by atoms with Crippen LogP contribution in [0.4, 0.5) is 0 Å². The van der Waals surface area contributed by atoms with Gasteiger partial charge in [-0.25, -0.2) is 0 Å². The van der Waals surface area contributed by atoms with Gasteiger partial charge >= 0.3 is 0 Å². The van der Waals surface area contributed by atoms with E-state index in [0.29, 0.717) is 6.54 Å². The molecule has 0 radical (unpaired) electrons. The van der Waals surface area contributed by atoms with Crippen LogP contribution < -0.4 is 10.1 Å². The fourth-order valence-electron chi connectivity index (χ4n) is 3.70. The Balaban J connectivity index is 1.52. The largest absolute Gasteiger partial charge is 0.493 e. The van der Waals surface area contributed by atoms with Crippen LogP contribution in [-0.2, 0) is 11.2 Å². The number of carbonyl (C=O) groups excluding carboxylic acids is 1. The minimum Gasteiger partial charge on any atom is -0.493 e. The van der Waals surface area contributed by atoms with Crippen molar-refractivity contribution >= 4 is 12.0 Å². The first-order valence-electron chi connectivity index (χ1n) is 9.41. The Morgan fingerprint density at radius 3 is 3.08 bits per heavy atom. The predicted molar refractivity (Wildman–Crippen MR) is 102 cm³/mol. The van der Waals surface area contributed by atoms with Crippen molar-refractivity contribution in [1.29, 1.82) is 0 Å². The summed E-state index contributed by atoms with van der Waals surface area (Å²) in [7, 11) is 0. The maximum atomic E-state index is 12.2. The summed E-state index contributed by atoms with van der Waals surface area (Å²) >= 11 is 0. The number of piperidine rings is 1. The van der Waals surface area contributed by atoms with Crippen LogP contribution in [0.25, 0.3) is 6.08 Å². The molecule has 0 aliphatic carbocycles. The van der Waals surface area contributed by atoms with Crippen LogP contribution >= 0.6 is 0 Å². The van der Waals surface area contributed by atoms with Gasteiger partial charge in [-0.05, 0) is 68.5 Å². The first-order valence-corrected chi connectivity index (χ1v) is 9.41. The van der Waals surface area contributed by atoms with E-state index in [-0.39, 0.29) is 11.4 Å². The molecule has 1 unspecified atom stereocenters. The molecule has 2 aliphatic rings. The molecule has 1 aromatic carbocycles. The molecule has 1 atom stereocenters. The summed E-state index contributed by atoms with van der Waals surface area (Å²) in [4.78, 5) is 14.7. The fourth-order valence-corrected chi connectivity index (χ4v) is 3.70. The lowest BCUT2D eigenvalue weighted by atomic mass is 9.93. The lowest BCUT2D eigenvalue weighted by Crippen LogP contribution is -2.54. The maximum absolute atomic E-state index is 12.2. The van der Waals surface area contributed by atoms with Crippen molar-refractivity contribution in [2.75, 3.05) is 26.2 Å². The topological polar surface area (TPSA) is 41.6 Å². The number of amides is 1. The number of nitrogens with one attached hydrogen (secondary N) is 1. The van der Waals surface area contributed by atoms with E-state index in [0.717, 1.165) is 43.3 Å². The molecule has 1 aromatic rings. The van der Waals surface area contributed by atoms with Gasteiger partial charge in [0.2, 0.25) is 5.91 Å². The Labute approximate surface area is 151 Å². The zero-order valence-corrected chi connectivity index (χ0v) is 15.7. The molecule has 25 heavy (non-hydrogen) atoms. The van der Waals surface area contributed by atoms with Gasteiger partial charge in [-0.2, -0.15) is 0 Å². The minimum absolute atomic E-state index is 0.0108. The smallest absolute Gasteiger partial charge is 0.244 e. The number of benzene rings is 1. The number of carbonyl (C=O) groups is 1. The molecule has 2 aliphatic heterocycles. The van der Waals surface area contributed by atoms with E-state index in [1.165, 1.54) is 18.4 Å². The number of fused-ring (bicyclic) bond motifs is 1. The summed E-state index contributed by atoms with van der Waals surface area (Å²) in [6, 6.07) is 6.08. The highest BCUT2D eigenvalue weighted by Gasteiger charge is 2.30. The zero-order valence-electron chi connectivity index (χ0n) is 15.7. The zero-order chi connectivity index (χ0) is 17.9. The SMILES string of the molecule is CC1CCCN(C(C)(C)CNC(=O)/C=C/c2ccc3c(c2)CCO3)C1. The molecule has 1 saturated heterocycles. The van der Waals surface area contributed by atoms with E-state index in [4.69, 9.17) is 4.74 Å². The number of hydrogen-bond acceptors (Lipinski definition) is 3. The summed E-state index contributed by atoms with van der Waals surface area (Å²) in [6.07, 6.45) is 7.02. The third kappa shape index (κ3) is 4.63. The molecule has 4 nitrogen and oxygen atoms in total. The molecule has 3 rings (SSSR count). The Hall–Kier alpha value is -1.81. The minimum atomic E-state index is -0.0325. The molecular weight excluding hydrogens is 312 g/mol. The highest BCUT2D eigenvalue weighted by molar-refractivity contribution is 5.91. The quantitative estimate of drug-likeness (QED) is 0.835. The van der Waals surface area contributed by atoms with Crippen LogP contribution in [-0.4, -0.2) is 42.6 Å². The van der Waals surface area contributed by atoms with Gasteiger partial charge in [-0.1, -0.05) is 13.0 Å². The van der Waals surface area contributed by atoms with E-state index in [1.807, 2.05) is 18.2 Å². The van der Waals surface area contributed by atoms with Gasteiger partial charge in [0.15, 0.2) is 0 Å². The first kappa shape index (κ1) is 18.0. The first-order chi connectivity index (χ1) is 11.9. The molecule has 2 heterocycles. The van der Waals surface area contributed by atoms with Crippen LogP contribution in [0.5, 0.6) is 5.75 Å². The van der Waals surface area contributed by atoms with Crippen molar-refractivity contribution in [3.63, 3.8) is 0 Å². The molecular formula is C21H30N2O2. The number of nitrogens with zero attached hydrogens (tertiary/aromatic N) is 1. The second kappa shape index (κ2) is 7.61. The van der Waals surface area contributed by atoms with Gasteiger partial charge in [-0.3, -0.25) is 9.69 Å². The normalized spacial score (nSPS) is 21.2. The van der Waals surface area contributed by atoms with Crippen molar-refractivity contribution < 1.29 is 9.53 Å². The molecule has 0 saturated carbocycles. The van der Waals surface area contributed by atoms with Crippen molar-refractivity contribution in [2.24, 2.45) is 5.92 Å². The van der Waals surface area contributed by atoms with E-state index in [2.05, 4.69) is 37.1 Å². The average Bonchev–Trinajstić information content (AvgIpc) is 3.06. The van der Waals surface area contributed by atoms with Crippen molar-refractivity contribution in [2.45, 2.75) is 45.6 Å². The van der Waals surface area contributed by atoms with Crippen molar-refractivity contribution in [1.82, 2.24) is 10.2 Å². The van der Waals surface area contributed by atoms with Crippen molar-refractivity contribution in [3.05, 3.63) is 35.4 Å². The third-order valence-corrected chi connectivity index (χ3v) is 5.35. The maximum Gasteiger partial charge on any atom is 0.244 e. The van der Waals surface area contributed by atoms with E-state index in [9.17, 15) is 4.79 Å². The van der Waals surface area contributed by atoms with Crippen LogP contribution in [0.2, 0.25) is 0 Å². The Morgan fingerprint density at radius 1 is 1.44 bits per heavy atom. The van der Waals surface area contributed by atoms with Crippen LogP contribution in [0, 0.1) is 5.92 Å². The third-order valence-electron chi connectivity index (χ3n) is 5.35. The summed E-state index contributed by atoms with van der Waals surface area (Å²) < 4.78 is 5.51. The Bertz CT molecular complexity index is 651. The summed E-state index contributed by atoms with van der Waals surface area (Å²) in [5.41, 5.74) is 2.26. The van der Waals surface area contributed by atoms with E-state index < -0.39 is 0 Å².